The maximum Gasteiger partial charge on any atom is 0.269 e. The van der Waals surface area contributed by atoms with Crippen LogP contribution in [0.1, 0.15) is 44.1 Å². The summed E-state index contributed by atoms with van der Waals surface area (Å²) in [4.78, 5) is 18.1. The van der Waals surface area contributed by atoms with Gasteiger partial charge in [0, 0.05) is 31.0 Å². The Bertz CT molecular complexity index is 434. The summed E-state index contributed by atoms with van der Waals surface area (Å²) in [6.45, 7) is 8.94. The van der Waals surface area contributed by atoms with Gasteiger partial charge < -0.3 is 15.5 Å². The van der Waals surface area contributed by atoms with Crippen LogP contribution in [0.15, 0.2) is 18.3 Å². The number of aromatic nitrogens is 1. The smallest absolute Gasteiger partial charge is 0.269 e. The Morgan fingerprint density at radius 3 is 2.81 bits per heavy atom. The molecule has 2 N–H and O–H groups in total. The van der Waals surface area contributed by atoms with Crippen molar-refractivity contribution in [3.63, 3.8) is 0 Å². The van der Waals surface area contributed by atoms with E-state index in [2.05, 4.69) is 41.4 Å². The van der Waals surface area contributed by atoms with Gasteiger partial charge in [0.25, 0.3) is 5.91 Å². The topological polar surface area (TPSA) is 57.3 Å². The molecule has 1 rings (SSSR count). The number of nitrogens with zero attached hydrogens (tertiary/aromatic N) is 2. The molecule has 0 unspecified atom stereocenters. The number of carbonyl (C=O) groups excluding carboxylic acids is 1. The summed E-state index contributed by atoms with van der Waals surface area (Å²) < 4.78 is 0. The Kier molecular flexibility index (Phi) is 7.75. The fourth-order valence-electron chi connectivity index (χ4n) is 1.89. The summed E-state index contributed by atoms with van der Waals surface area (Å²) in [7, 11) is 2.15. The molecule has 21 heavy (non-hydrogen) atoms. The summed E-state index contributed by atoms with van der Waals surface area (Å²) in [5, 5.41) is 6.10. The van der Waals surface area contributed by atoms with Crippen LogP contribution in [0, 0.1) is 0 Å². The molecule has 0 aliphatic carbocycles. The minimum atomic E-state index is -0.125. The average Bonchev–Trinajstić information content (AvgIpc) is 2.47. The predicted molar refractivity (Wildman–Crippen MR) is 87.7 cm³/mol. The number of rotatable bonds is 9. The molecule has 0 fully saturated rings. The van der Waals surface area contributed by atoms with Gasteiger partial charge in [-0.05, 0) is 59.3 Å². The minimum Gasteiger partial charge on any atom is -0.385 e. The molecule has 0 bridgehead atoms. The van der Waals surface area contributed by atoms with E-state index in [1.54, 1.807) is 12.3 Å². The second-order valence-corrected chi connectivity index (χ2v) is 5.50. The number of amides is 1. The van der Waals surface area contributed by atoms with Gasteiger partial charge in [-0.2, -0.15) is 0 Å². The van der Waals surface area contributed by atoms with Crippen LogP contribution in [-0.4, -0.2) is 48.5 Å². The zero-order valence-corrected chi connectivity index (χ0v) is 13.6. The molecule has 118 valence electrons. The lowest BCUT2D eigenvalue weighted by Gasteiger charge is -2.20. The van der Waals surface area contributed by atoms with Crippen LogP contribution in [0.5, 0.6) is 0 Å². The van der Waals surface area contributed by atoms with E-state index in [4.69, 9.17) is 0 Å². The minimum absolute atomic E-state index is 0.125. The molecule has 0 aliphatic heterocycles. The van der Waals surface area contributed by atoms with Crippen LogP contribution in [0.2, 0.25) is 0 Å². The lowest BCUT2D eigenvalue weighted by atomic mass is 10.2. The fraction of sp³-hybridized carbons (Fsp3) is 0.625. The maximum absolute atomic E-state index is 11.7. The summed E-state index contributed by atoms with van der Waals surface area (Å²) in [6, 6.07) is 4.28. The van der Waals surface area contributed by atoms with Crippen LogP contribution in [-0.2, 0) is 0 Å². The molecule has 0 radical (unpaired) electrons. The second kappa shape index (κ2) is 9.34. The van der Waals surface area contributed by atoms with Crippen molar-refractivity contribution in [3.05, 3.63) is 24.0 Å². The quantitative estimate of drug-likeness (QED) is 0.686. The second-order valence-electron chi connectivity index (χ2n) is 5.50. The summed E-state index contributed by atoms with van der Waals surface area (Å²) in [6.07, 6.45) is 3.94. The predicted octanol–water partition coefficient (Wildman–Crippen LogP) is 2.36. The van der Waals surface area contributed by atoms with E-state index in [9.17, 15) is 4.79 Å². The van der Waals surface area contributed by atoms with Crippen molar-refractivity contribution in [2.24, 2.45) is 0 Å². The Balaban J connectivity index is 2.32. The van der Waals surface area contributed by atoms with E-state index in [-0.39, 0.29) is 5.91 Å². The Hall–Kier alpha value is -1.62. The molecular formula is C16H28N4O. The third kappa shape index (κ3) is 6.58. The zero-order chi connectivity index (χ0) is 15.7. The fourth-order valence-corrected chi connectivity index (χ4v) is 1.89. The number of unbranched alkanes of at least 4 members (excludes halogenated alkanes) is 1. The van der Waals surface area contributed by atoms with Gasteiger partial charge in [-0.15, -0.1) is 0 Å². The van der Waals surface area contributed by atoms with Gasteiger partial charge in [0.05, 0.1) is 0 Å². The highest BCUT2D eigenvalue weighted by Crippen LogP contribution is 2.08. The van der Waals surface area contributed by atoms with Crippen molar-refractivity contribution in [2.75, 3.05) is 32.0 Å². The highest BCUT2D eigenvalue weighted by molar-refractivity contribution is 5.93. The first-order valence-electron chi connectivity index (χ1n) is 7.73. The molecule has 1 heterocycles. The maximum atomic E-state index is 11.7. The third-order valence-electron chi connectivity index (χ3n) is 3.48. The Morgan fingerprint density at radius 2 is 2.14 bits per heavy atom. The van der Waals surface area contributed by atoms with Crippen molar-refractivity contribution >= 4 is 11.6 Å². The van der Waals surface area contributed by atoms with Gasteiger partial charge >= 0.3 is 0 Å². The van der Waals surface area contributed by atoms with Gasteiger partial charge in [0.1, 0.15) is 5.69 Å². The normalized spacial score (nSPS) is 11.0. The molecule has 1 aromatic rings. The van der Waals surface area contributed by atoms with Crippen molar-refractivity contribution in [1.29, 1.82) is 0 Å². The van der Waals surface area contributed by atoms with Crippen LogP contribution >= 0.6 is 0 Å². The van der Waals surface area contributed by atoms with Crippen molar-refractivity contribution < 1.29 is 4.79 Å². The molecular weight excluding hydrogens is 264 g/mol. The van der Waals surface area contributed by atoms with Crippen LogP contribution in [0.4, 0.5) is 5.69 Å². The number of carbonyl (C=O) groups is 1. The van der Waals surface area contributed by atoms with E-state index in [0.29, 0.717) is 18.3 Å². The van der Waals surface area contributed by atoms with E-state index in [1.807, 2.05) is 13.0 Å². The first kappa shape index (κ1) is 17.4. The standard InChI is InChI=1S/C16H28N4O/c1-5-17-16(21)15-12-14(8-10-19-15)18-9-6-7-11-20(4)13(2)3/h8,10,12-13H,5-7,9,11H2,1-4H3,(H,17,21)(H,18,19). The number of hydrogen-bond donors (Lipinski definition) is 2. The lowest BCUT2D eigenvalue weighted by molar-refractivity contribution is 0.0951. The van der Waals surface area contributed by atoms with Crippen LogP contribution in [0.25, 0.3) is 0 Å². The van der Waals surface area contributed by atoms with Gasteiger partial charge in [-0.25, -0.2) is 0 Å². The molecule has 0 spiro atoms. The van der Waals surface area contributed by atoms with Crippen molar-refractivity contribution in [1.82, 2.24) is 15.2 Å². The molecule has 0 saturated heterocycles. The van der Waals surface area contributed by atoms with Crippen molar-refractivity contribution in [2.45, 2.75) is 39.7 Å². The SMILES string of the molecule is CCNC(=O)c1cc(NCCCCN(C)C(C)C)ccn1. The number of nitrogens with one attached hydrogen (secondary N) is 2. The molecule has 0 atom stereocenters. The van der Waals surface area contributed by atoms with E-state index < -0.39 is 0 Å². The molecule has 0 aromatic carbocycles. The number of anilines is 1. The molecule has 1 aromatic heterocycles. The first-order valence-corrected chi connectivity index (χ1v) is 7.73. The molecule has 5 nitrogen and oxygen atoms in total. The highest BCUT2D eigenvalue weighted by Gasteiger charge is 2.06. The van der Waals surface area contributed by atoms with Crippen LogP contribution in [0.3, 0.4) is 0 Å². The van der Waals surface area contributed by atoms with E-state index in [1.165, 1.54) is 0 Å². The van der Waals surface area contributed by atoms with Crippen molar-refractivity contribution in [3.8, 4) is 0 Å². The monoisotopic (exact) mass is 292 g/mol. The molecule has 0 saturated carbocycles. The third-order valence-corrected chi connectivity index (χ3v) is 3.48. The van der Waals surface area contributed by atoms with Gasteiger partial charge in [0.2, 0.25) is 0 Å². The first-order chi connectivity index (χ1) is 10.0. The summed E-state index contributed by atoms with van der Waals surface area (Å²) >= 11 is 0. The van der Waals surface area contributed by atoms with Crippen LogP contribution < -0.4 is 10.6 Å². The Morgan fingerprint density at radius 1 is 1.38 bits per heavy atom. The average molecular weight is 292 g/mol. The summed E-state index contributed by atoms with van der Waals surface area (Å²) in [5.41, 5.74) is 1.41. The molecule has 5 heteroatoms. The molecule has 0 aliphatic rings. The van der Waals surface area contributed by atoms with Gasteiger partial charge in [0.15, 0.2) is 0 Å². The summed E-state index contributed by atoms with van der Waals surface area (Å²) in [5.74, 6) is -0.125. The van der Waals surface area contributed by atoms with Gasteiger partial charge in [-0.3, -0.25) is 9.78 Å². The van der Waals surface area contributed by atoms with E-state index in [0.717, 1.165) is 31.6 Å². The number of hydrogen-bond acceptors (Lipinski definition) is 4. The van der Waals surface area contributed by atoms with Gasteiger partial charge in [-0.1, -0.05) is 0 Å². The lowest BCUT2D eigenvalue weighted by Crippen LogP contribution is -2.27. The molecule has 1 amide bonds. The number of pyridine rings is 1. The Labute approximate surface area is 128 Å². The zero-order valence-electron chi connectivity index (χ0n) is 13.6. The largest absolute Gasteiger partial charge is 0.385 e. The highest BCUT2D eigenvalue weighted by atomic mass is 16.1. The van der Waals surface area contributed by atoms with E-state index >= 15 is 0 Å².